The minimum absolute atomic E-state index is 0.166. The summed E-state index contributed by atoms with van der Waals surface area (Å²) in [5, 5.41) is 0. The summed E-state index contributed by atoms with van der Waals surface area (Å²) < 4.78 is 0. The van der Waals surface area contributed by atoms with Crippen molar-refractivity contribution in [1.82, 2.24) is 4.90 Å². The largest absolute Gasteiger partial charge is 0.338 e. The van der Waals surface area contributed by atoms with Gasteiger partial charge in [0.05, 0.1) is 0 Å². The number of hydrogen-bond donors (Lipinski definition) is 0. The van der Waals surface area contributed by atoms with Gasteiger partial charge in [0, 0.05) is 24.5 Å². The fourth-order valence-corrected chi connectivity index (χ4v) is 3.14. The van der Waals surface area contributed by atoms with Crippen molar-refractivity contribution in [1.29, 1.82) is 0 Å². The van der Waals surface area contributed by atoms with Crippen LogP contribution in [-0.4, -0.2) is 29.8 Å². The van der Waals surface area contributed by atoms with Gasteiger partial charge in [-0.3, -0.25) is 4.79 Å². The third-order valence-corrected chi connectivity index (χ3v) is 4.37. The zero-order chi connectivity index (χ0) is 14.5. The van der Waals surface area contributed by atoms with E-state index < -0.39 is 0 Å². The molecule has 1 saturated heterocycles. The van der Waals surface area contributed by atoms with Gasteiger partial charge in [0.1, 0.15) is 0 Å². The van der Waals surface area contributed by atoms with Crippen molar-refractivity contribution in [3.05, 3.63) is 35.4 Å². The Morgan fingerprint density at radius 1 is 1.35 bits per heavy atom. The van der Waals surface area contributed by atoms with Crippen molar-refractivity contribution >= 4 is 17.5 Å². The van der Waals surface area contributed by atoms with E-state index in [0.29, 0.717) is 17.7 Å². The van der Waals surface area contributed by atoms with Crippen LogP contribution < -0.4 is 0 Å². The van der Waals surface area contributed by atoms with Crippen LogP contribution in [0.2, 0.25) is 0 Å². The third-order valence-electron chi connectivity index (χ3n) is 4.15. The van der Waals surface area contributed by atoms with Gasteiger partial charge in [0.15, 0.2) is 0 Å². The number of hydrogen-bond acceptors (Lipinski definition) is 1. The fraction of sp³-hybridized carbons (Fsp3) is 0.588. The highest BCUT2D eigenvalue weighted by Gasteiger charge is 2.24. The molecule has 1 unspecified atom stereocenters. The standard InChI is InChI=1S/C17H24ClNO/c1-13(2)15-5-7-16(8-6-15)17(20)19-11-3-4-14(12-19)9-10-18/h5-8,13-14H,3-4,9-12H2,1-2H3. The highest BCUT2D eigenvalue weighted by Crippen LogP contribution is 2.22. The van der Waals surface area contributed by atoms with E-state index in [0.717, 1.165) is 31.5 Å². The van der Waals surface area contributed by atoms with Gasteiger partial charge in [-0.15, -0.1) is 11.6 Å². The predicted molar refractivity (Wildman–Crippen MR) is 84.5 cm³/mol. The maximum Gasteiger partial charge on any atom is 0.253 e. The second-order valence-electron chi connectivity index (χ2n) is 6.01. The molecule has 1 heterocycles. The zero-order valence-electron chi connectivity index (χ0n) is 12.4. The van der Waals surface area contributed by atoms with E-state index in [1.807, 2.05) is 17.0 Å². The lowest BCUT2D eigenvalue weighted by atomic mass is 9.95. The minimum Gasteiger partial charge on any atom is -0.338 e. The lowest BCUT2D eigenvalue weighted by Crippen LogP contribution is -2.40. The molecule has 0 saturated carbocycles. The second-order valence-corrected chi connectivity index (χ2v) is 6.39. The Kier molecular flexibility index (Phi) is 5.47. The van der Waals surface area contributed by atoms with Crippen molar-refractivity contribution in [2.24, 2.45) is 5.92 Å². The molecule has 2 rings (SSSR count). The molecule has 0 aromatic heterocycles. The summed E-state index contributed by atoms with van der Waals surface area (Å²) in [5.74, 6) is 1.93. The van der Waals surface area contributed by atoms with E-state index in [-0.39, 0.29) is 5.91 Å². The van der Waals surface area contributed by atoms with Gasteiger partial charge in [-0.05, 0) is 48.8 Å². The number of benzene rings is 1. The number of amides is 1. The van der Waals surface area contributed by atoms with Crippen LogP contribution in [0, 0.1) is 5.92 Å². The Hall–Kier alpha value is -1.02. The van der Waals surface area contributed by atoms with Crippen LogP contribution in [0.15, 0.2) is 24.3 Å². The van der Waals surface area contributed by atoms with Crippen LogP contribution in [0.3, 0.4) is 0 Å². The molecule has 2 nitrogen and oxygen atoms in total. The topological polar surface area (TPSA) is 20.3 Å². The predicted octanol–water partition coefficient (Wildman–Crippen LogP) is 4.29. The molecule has 0 spiro atoms. The van der Waals surface area contributed by atoms with E-state index in [4.69, 9.17) is 11.6 Å². The van der Waals surface area contributed by atoms with Gasteiger partial charge in [-0.1, -0.05) is 26.0 Å². The van der Waals surface area contributed by atoms with Crippen LogP contribution in [0.5, 0.6) is 0 Å². The smallest absolute Gasteiger partial charge is 0.253 e. The number of carbonyl (C=O) groups is 1. The summed E-state index contributed by atoms with van der Waals surface area (Å²) in [5.41, 5.74) is 2.08. The maximum absolute atomic E-state index is 12.5. The molecule has 1 atom stereocenters. The van der Waals surface area contributed by atoms with Gasteiger partial charge in [0.25, 0.3) is 5.91 Å². The summed E-state index contributed by atoms with van der Waals surface area (Å²) in [6, 6.07) is 8.06. The Labute approximate surface area is 127 Å². The van der Waals surface area contributed by atoms with Gasteiger partial charge in [0.2, 0.25) is 0 Å². The molecule has 1 aliphatic rings. The Balaban J connectivity index is 2.02. The first kappa shape index (κ1) is 15.4. The summed E-state index contributed by atoms with van der Waals surface area (Å²) in [6.45, 7) is 6.07. The van der Waals surface area contributed by atoms with E-state index in [9.17, 15) is 4.79 Å². The van der Waals surface area contributed by atoms with Crippen LogP contribution >= 0.6 is 11.6 Å². The molecule has 0 radical (unpaired) electrons. The zero-order valence-corrected chi connectivity index (χ0v) is 13.2. The van der Waals surface area contributed by atoms with Crippen LogP contribution in [0.25, 0.3) is 0 Å². The Morgan fingerprint density at radius 3 is 2.65 bits per heavy atom. The van der Waals surface area contributed by atoms with Crippen molar-refractivity contribution < 1.29 is 4.79 Å². The van der Waals surface area contributed by atoms with Crippen molar-refractivity contribution in [2.75, 3.05) is 19.0 Å². The van der Waals surface area contributed by atoms with Gasteiger partial charge in [-0.25, -0.2) is 0 Å². The SMILES string of the molecule is CC(C)c1ccc(C(=O)N2CCCC(CCCl)C2)cc1. The molecule has 1 aromatic rings. The lowest BCUT2D eigenvalue weighted by molar-refractivity contribution is 0.0671. The second kappa shape index (κ2) is 7.12. The highest BCUT2D eigenvalue weighted by atomic mass is 35.5. The normalized spacial score (nSPS) is 19.4. The minimum atomic E-state index is 0.166. The summed E-state index contributed by atoms with van der Waals surface area (Å²) >= 11 is 5.82. The molecule has 0 bridgehead atoms. The molecule has 0 N–H and O–H groups in total. The number of alkyl halides is 1. The number of halogens is 1. The first-order valence-electron chi connectivity index (χ1n) is 7.57. The number of rotatable bonds is 4. The first-order chi connectivity index (χ1) is 9.61. The van der Waals surface area contributed by atoms with E-state index >= 15 is 0 Å². The van der Waals surface area contributed by atoms with Crippen molar-refractivity contribution in [3.8, 4) is 0 Å². The van der Waals surface area contributed by atoms with Gasteiger partial charge in [-0.2, -0.15) is 0 Å². The molecular weight excluding hydrogens is 270 g/mol. The average molecular weight is 294 g/mol. The molecular formula is C17H24ClNO. The van der Waals surface area contributed by atoms with E-state index in [1.54, 1.807) is 0 Å². The van der Waals surface area contributed by atoms with Gasteiger partial charge >= 0.3 is 0 Å². The Bertz CT molecular complexity index is 439. The average Bonchev–Trinajstić information content (AvgIpc) is 2.47. The van der Waals surface area contributed by atoms with Crippen LogP contribution in [0.4, 0.5) is 0 Å². The number of nitrogens with zero attached hydrogens (tertiary/aromatic N) is 1. The maximum atomic E-state index is 12.5. The molecule has 1 aromatic carbocycles. The molecule has 3 heteroatoms. The molecule has 1 amide bonds. The number of piperidine rings is 1. The van der Waals surface area contributed by atoms with Crippen LogP contribution in [0.1, 0.15) is 54.9 Å². The number of carbonyl (C=O) groups excluding carboxylic acids is 1. The third kappa shape index (κ3) is 3.76. The molecule has 110 valence electrons. The fourth-order valence-electron chi connectivity index (χ4n) is 2.83. The first-order valence-corrected chi connectivity index (χ1v) is 8.10. The van der Waals surface area contributed by atoms with Crippen molar-refractivity contribution in [2.45, 2.75) is 39.0 Å². The van der Waals surface area contributed by atoms with E-state index in [1.165, 1.54) is 12.0 Å². The summed E-state index contributed by atoms with van der Waals surface area (Å²) in [4.78, 5) is 14.5. The molecule has 0 aliphatic carbocycles. The summed E-state index contributed by atoms with van der Waals surface area (Å²) in [6.07, 6.45) is 3.30. The number of likely N-dealkylation sites (tertiary alicyclic amines) is 1. The Morgan fingerprint density at radius 2 is 2.05 bits per heavy atom. The van der Waals surface area contributed by atoms with Crippen molar-refractivity contribution in [3.63, 3.8) is 0 Å². The molecule has 20 heavy (non-hydrogen) atoms. The van der Waals surface area contributed by atoms with Gasteiger partial charge < -0.3 is 4.90 Å². The monoisotopic (exact) mass is 293 g/mol. The highest BCUT2D eigenvalue weighted by molar-refractivity contribution is 6.17. The van der Waals surface area contributed by atoms with Crippen LogP contribution in [-0.2, 0) is 0 Å². The molecule has 1 fully saturated rings. The summed E-state index contributed by atoms with van der Waals surface area (Å²) in [7, 11) is 0. The molecule has 1 aliphatic heterocycles. The van der Waals surface area contributed by atoms with E-state index in [2.05, 4.69) is 26.0 Å². The quantitative estimate of drug-likeness (QED) is 0.758. The lowest BCUT2D eigenvalue weighted by Gasteiger charge is -2.32.